The molecule has 7 heteroatoms. The van der Waals surface area contributed by atoms with Crippen molar-refractivity contribution in [2.24, 2.45) is 0 Å². The van der Waals surface area contributed by atoms with Crippen LogP contribution in [0.15, 0.2) is 77.5 Å². The molecule has 186 valence electrons. The quantitative estimate of drug-likeness (QED) is 0.359. The largest absolute Gasteiger partial charge is 0.494 e. The van der Waals surface area contributed by atoms with Crippen LogP contribution in [0.5, 0.6) is 5.75 Å². The van der Waals surface area contributed by atoms with Gasteiger partial charge in [-0.2, -0.15) is 0 Å². The van der Waals surface area contributed by atoms with Crippen molar-refractivity contribution < 1.29 is 18.3 Å². The third-order valence-electron chi connectivity index (χ3n) is 6.72. The van der Waals surface area contributed by atoms with Crippen LogP contribution in [0.1, 0.15) is 27.2 Å². The normalized spacial score (nSPS) is 14.2. The van der Waals surface area contributed by atoms with Crippen LogP contribution < -0.4 is 4.74 Å². The Hall–Kier alpha value is -3.84. The van der Waals surface area contributed by atoms with Gasteiger partial charge < -0.3 is 18.6 Å². The standard InChI is InChI=1S/C29H30FN3O3/c1-21-18-33(20-22-7-4-3-5-8-22)28(27(21)26-9-6-16-36-26)29(34)32-14-12-31(13-15-32)19-23-10-11-25(35-2)24(30)17-23/h3-11,16-18H,12-15,19-20H2,1-2H3. The van der Waals surface area contributed by atoms with E-state index in [-0.39, 0.29) is 17.5 Å². The number of hydrogen-bond acceptors (Lipinski definition) is 4. The zero-order chi connectivity index (χ0) is 25.1. The zero-order valence-electron chi connectivity index (χ0n) is 20.6. The van der Waals surface area contributed by atoms with Crippen LogP contribution in [-0.4, -0.2) is 53.6 Å². The van der Waals surface area contributed by atoms with Crippen molar-refractivity contribution in [1.82, 2.24) is 14.4 Å². The first-order valence-electron chi connectivity index (χ1n) is 12.1. The van der Waals surface area contributed by atoms with Crippen molar-refractivity contribution in [1.29, 1.82) is 0 Å². The van der Waals surface area contributed by atoms with E-state index in [1.807, 2.05) is 59.0 Å². The van der Waals surface area contributed by atoms with Crippen molar-refractivity contribution in [2.45, 2.75) is 20.0 Å². The van der Waals surface area contributed by atoms with Gasteiger partial charge >= 0.3 is 0 Å². The molecule has 2 aromatic carbocycles. The molecule has 0 bridgehead atoms. The number of aryl methyl sites for hydroxylation is 1. The lowest BCUT2D eigenvalue weighted by Gasteiger charge is -2.35. The van der Waals surface area contributed by atoms with Gasteiger partial charge in [-0.1, -0.05) is 36.4 Å². The lowest BCUT2D eigenvalue weighted by atomic mass is 10.1. The minimum absolute atomic E-state index is 0.000531. The summed E-state index contributed by atoms with van der Waals surface area (Å²) in [7, 11) is 1.46. The molecule has 0 radical (unpaired) electrons. The second-order valence-electron chi connectivity index (χ2n) is 9.16. The Labute approximate surface area is 210 Å². The van der Waals surface area contributed by atoms with E-state index in [4.69, 9.17) is 9.15 Å². The molecule has 1 saturated heterocycles. The number of carbonyl (C=O) groups excluding carboxylic acids is 1. The Morgan fingerprint density at radius 3 is 2.42 bits per heavy atom. The van der Waals surface area contributed by atoms with E-state index in [1.165, 1.54) is 13.2 Å². The Morgan fingerprint density at radius 2 is 1.75 bits per heavy atom. The highest BCUT2D eigenvalue weighted by atomic mass is 19.1. The van der Waals surface area contributed by atoms with Crippen molar-refractivity contribution in [3.8, 4) is 17.1 Å². The molecule has 2 aromatic heterocycles. The number of furan rings is 1. The summed E-state index contributed by atoms with van der Waals surface area (Å²) in [6.07, 6.45) is 3.67. The van der Waals surface area contributed by atoms with Gasteiger partial charge in [-0.15, -0.1) is 0 Å². The fourth-order valence-electron chi connectivity index (χ4n) is 4.88. The summed E-state index contributed by atoms with van der Waals surface area (Å²) >= 11 is 0. The highest BCUT2D eigenvalue weighted by Crippen LogP contribution is 2.31. The molecule has 0 aliphatic carbocycles. The maximum Gasteiger partial charge on any atom is 0.271 e. The molecule has 0 spiro atoms. The van der Waals surface area contributed by atoms with Gasteiger partial charge in [0.2, 0.25) is 0 Å². The first kappa shape index (κ1) is 23.9. The van der Waals surface area contributed by atoms with Crippen LogP contribution in [0, 0.1) is 12.7 Å². The summed E-state index contributed by atoms with van der Waals surface area (Å²) in [6.45, 7) is 5.88. The highest BCUT2D eigenvalue weighted by molar-refractivity contribution is 6.00. The van der Waals surface area contributed by atoms with Gasteiger partial charge in [0.25, 0.3) is 5.91 Å². The Bertz CT molecular complexity index is 1320. The van der Waals surface area contributed by atoms with E-state index in [9.17, 15) is 9.18 Å². The molecule has 1 fully saturated rings. The average Bonchev–Trinajstić information content (AvgIpc) is 3.52. The van der Waals surface area contributed by atoms with Crippen molar-refractivity contribution in [3.05, 3.63) is 101 Å². The third-order valence-corrected chi connectivity index (χ3v) is 6.72. The number of rotatable bonds is 7. The predicted molar refractivity (Wildman–Crippen MR) is 137 cm³/mol. The fraction of sp³-hybridized carbons (Fsp3) is 0.276. The number of ether oxygens (including phenoxy) is 1. The van der Waals surface area contributed by atoms with Crippen molar-refractivity contribution >= 4 is 5.91 Å². The molecule has 0 unspecified atom stereocenters. The monoisotopic (exact) mass is 487 g/mol. The maximum atomic E-state index is 14.1. The van der Waals surface area contributed by atoms with E-state index in [0.29, 0.717) is 50.7 Å². The molecular formula is C29H30FN3O3. The van der Waals surface area contributed by atoms with Crippen LogP contribution in [-0.2, 0) is 13.1 Å². The number of amides is 1. The van der Waals surface area contributed by atoms with Crippen molar-refractivity contribution in [3.63, 3.8) is 0 Å². The second-order valence-corrected chi connectivity index (χ2v) is 9.16. The number of benzene rings is 2. The smallest absolute Gasteiger partial charge is 0.271 e. The predicted octanol–water partition coefficient (Wildman–Crippen LogP) is 5.21. The molecule has 4 aromatic rings. The summed E-state index contributed by atoms with van der Waals surface area (Å²) in [5.74, 6) is 0.586. The van der Waals surface area contributed by atoms with E-state index in [1.54, 1.807) is 12.3 Å². The number of hydrogen-bond donors (Lipinski definition) is 0. The summed E-state index contributed by atoms with van der Waals surface area (Å²) in [5, 5.41) is 0. The second kappa shape index (κ2) is 10.4. The van der Waals surface area contributed by atoms with Gasteiger partial charge in [-0.3, -0.25) is 9.69 Å². The molecule has 1 amide bonds. The van der Waals surface area contributed by atoms with Gasteiger partial charge in [0.15, 0.2) is 11.6 Å². The summed E-state index contributed by atoms with van der Waals surface area (Å²) < 4.78 is 26.9. The van der Waals surface area contributed by atoms with E-state index < -0.39 is 0 Å². The SMILES string of the molecule is COc1ccc(CN2CCN(C(=O)c3c(-c4ccco4)c(C)cn3Cc3ccccc3)CC2)cc1F. The summed E-state index contributed by atoms with van der Waals surface area (Å²) in [6, 6.07) is 18.9. The zero-order valence-corrected chi connectivity index (χ0v) is 20.6. The molecule has 1 aliphatic heterocycles. The first-order valence-corrected chi connectivity index (χ1v) is 12.1. The molecular weight excluding hydrogens is 457 g/mol. The molecule has 0 atom stereocenters. The lowest BCUT2D eigenvalue weighted by Crippen LogP contribution is -2.48. The molecule has 3 heterocycles. The minimum atomic E-state index is -0.358. The van der Waals surface area contributed by atoms with Crippen LogP contribution >= 0.6 is 0 Å². The van der Waals surface area contributed by atoms with Gasteiger partial charge in [0.05, 0.1) is 18.9 Å². The topological polar surface area (TPSA) is 50.9 Å². The van der Waals surface area contributed by atoms with E-state index in [2.05, 4.69) is 17.0 Å². The van der Waals surface area contributed by atoms with Crippen LogP contribution in [0.4, 0.5) is 4.39 Å². The van der Waals surface area contributed by atoms with Crippen LogP contribution in [0.3, 0.4) is 0 Å². The number of piperazine rings is 1. The highest BCUT2D eigenvalue weighted by Gasteiger charge is 2.29. The third kappa shape index (κ3) is 4.93. The number of aromatic nitrogens is 1. The number of halogens is 1. The molecule has 36 heavy (non-hydrogen) atoms. The van der Waals surface area contributed by atoms with Gasteiger partial charge in [0.1, 0.15) is 11.5 Å². The molecule has 6 nitrogen and oxygen atoms in total. The number of carbonyl (C=O) groups is 1. The Kier molecular flexibility index (Phi) is 6.91. The van der Waals surface area contributed by atoms with Crippen molar-refractivity contribution in [2.75, 3.05) is 33.3 Å². The van der Waals surface area contributed by atoms with Crippen LogP contribution in [0.2, 0.25) is 0 Å². The average molecular weight is 488 g/mol. The fourth-order valence-corrected chi connectivity index (χ4v) is 4.88. The maximum absolute atomic E-state index is 14.1. The van der Waals surface area contributed by atoms with Gasteiger partial charge in [-0.25, -0.2) is 4.39 Å². The Balaban J connectivity index is 1.34. The Morgan fingerprint density at radius 1 is 0.972 bits per heavy atom. The number of methoxy groups -OCH3 is 1. The summed E-state index contributed by atoms with van der Waals surface area (Å²) in [4.78, 5) is 18.1. The van der Waals surface area contributed by atoms with E-state index >= 15 is 0 Å². The number of nitrogens with zero attached hydrogens (tertiary/aromatic N) is 3. The van der Waals surface area contributed by atoms with E-state index in [0.717, 1.165) is 22.3 Å². The molecule has 0 N–H and O–H groups in total. The molecule has 5 rings (SSSR count). The van der Waals surface area contributed by atoms with Crippen LogP contribution in [0.25, 0.3) is 11.3 Å². The van der Waals surface area contributed by atoms with Gasteiger partial charge in [-0.05, 0) is 47.9 Å². The lowest BCUT2D eigenvalue weighted by molar-refractivity contribution is 0.0619. The van der Waals surface area contributed by atoms with Gasteiger partial charge in [0, 0.05) is 45.5 Å². The minimum Gasteiger partial charge on any atom is -0.494 e. The molecule has 0 saturated carbocycles. The first-order chi connectivity index (χ1) is 17.5. The molecule has 1 aliphatic rings. The summed E-state index contributed by atoms with van der Waals surface area (Å²) in [5.41, 5.74) is 4.52.